The molecule has 2 amide bonds. The van der Waals surface area contributed by atoms with Gasteiger partial charge in [0.1, 0.15) is 18.2 Å². The third-order valence-electron chi connectivity index (χ3n) is 5.07. The lowest BCUT2D eigenvalue weighted by atomic mass is 9.96. The third-order valence-corrected chi connectivity index (χ3v) is 5.07. The first-order chi connectivity index (χ1) is 14.5. The molecule has 0 spiro atoms. The highest BCUT2D eigenvalue weighted by molar-refractivity contribution is 5.93. The Bertz CT molecular complexity index is 857. The highest BCUT2D eigenvalue weighted by atomic mass is 19.1. The number of carbonyl (C=O) groups is 2. The quantitative estimate of drug-likeness (QED) is 0.674. The predicted octanol–water partition coefficient (Wildman–Crippen LogP) is 3.27. The number of amides is 2. The Morgan fingerprint density at radius 3 is 2.73 bits per heavy atom. The summed E-state index contributed by atoms with van der Waals surface area (Å²) >= 11 is 0. The van der Waals surface area contributed by atoms with Crippen LogP contribution in [0.5, 0.6) is 5.75 Å². The van der Waals surface area contributed by atoms with Gasteiger partial charge in [-0.1, -0.05) is 18.2 Å². The average molecular weight is 414 g/mol. The van der Waals surface area contributed by atoms with Crippen molar-refractivity contribution in [2.75, 3.05) is 38.7 Å². The van der Waals surface area contributed by atoms with Gasteiger partial charge in [-0.3, -0.25) is 9.59 Å². The van der Waals surface area contributed by atoms with Crippen molar-refractivity contribution >= 4 is 17.5 Å². The molecule has 2 aromatic rings. The van der Waals surface area contributed by atoms with Crippen molar-refractivity contribution < 1.29 is 23.5 Å². The molecule has 0 aromatic heterocycles. The monoisotopic (exact) mass is 414 g/mol. The van der Waals surface area contributed by atoms with Gasteiger partial charge in [0.2, 0.25) is 11.8 Å². The highest BCUT2D eigenvalue weighted by Crippen LogP contribution is 2.22. The van der Waals surface area contributed by atoms with Crippen molar-refractivity contribution in [3.05, 3.63) is 59.9 Å². The second-order valence-corrected chi connectivity index (χ2v) is 7.34. The number of hydrogen-bond donors (Lipinski definition) is 1. The van der Waals surface area contributed by atoms with Crippen LogP contribution >= 0.6 is 0 Å². The number of piperidine rings is 1. The second kappa shape index (κ2) is 10.7. The first kappa shape index (κ1) is 21.8. The van der Waals surface area contributed by atoms with Gasteiger partial charge in [-0.2, -0.15) is 0 Å². The molecule has 1 aliphatic heterocycles. The molecule has 160 valence electrons. The highest BCUT2D eigenvalue weighted by Gasteiger charge is 2.28. The van der Waals surface area contributed by atoms with Crippen LogP contribution in [0, 0.1) is 11.7 Å². The zero-order chi connectivity index (χ0) is 21.3. The maximum atomic E-state index is 13.0. The molecular formula is C23H27FN2O4. The lowest BCUT2D eigenvalue weighted by molar-refractivity contribution is -0.133. The molecule has 7 heteroatoms. The molecule has 0 saturated carbocycles. The Morgan fingerprint density at radius 1 is 1.17 bits per heavy atom. The van der Waals surface area contributed by atoms with Crippen LogP contribution in [0.3, 0.4) is 0 Å². The third kappa shape index (κ3) is 6.29. The summed E-state index contributed by atoms with van der Waals surface area (Å²) in [5, 5.41) is 2.93. The van der Waals surface area contributed by atoms with Crippen molar-refractivity contribution in [3.8, 4) is 5.75 Å². The number of ether oxygens (including phenoxy) is 2. The van der Waals surface area contributed by atoms with E-state index < -0.39 is 0 Å². The van der Waals surface area contributed by atoms with Crippen LogP contribution in [0.1, 0.15) is 18.4 Å². The van der Waals surface area contributed by atoms with E-state index in [4.69, 9.17) is 9.47 Å². The van der Waals surface area contributed by atoms with Crippen LogP contribution in [0.4, 0.5) is 10.1 Å². The molecule has 6 nitrogen and oxygen atoms in total. The van der Waals surface area contributed by atoms with Gasteiger partial charge in [0, 0.05) is 32.0 Å². The van der Waals surface area contributed by atoms with Gasteiger partial charge in [0.15, 0.2) is 0 Å². The SMILES string of the molecule is COCCOc1cccc(NC(=O)C2CCCN(C(=O)Cc3ccc(F)cc3)C2)c1. The number of rotatable bonds is 8. The summed E-state index contributed by atoms with van der Waals surface area (Å²) in [5.74, 6) is -0.0939. The molecule has 1 N–H and O–H groups in total. The average Bonchev–Trinajstić information content (AvgIpc) is 2.76. The number of halogens is 1. The predicted molar refractivity (Wildman–Crippen MR) is 112 cm³/mol. The molecule has 1 atom stereocenters. The molecule has 1 saturated heterocycles. The van der Waals surface area contributed by atoms with E-state index >= 15 is 0 Å². The normalized spacial score (nSPS) is 16.2. The van der Waals surface area contributed by atoms with Crippen LogP contribution in [-0.2, 0) is 20.7 Å². The van der Waals surface area contributed by atoms with Gasteiger partial charge in [-0.15, -0.1) is 0 Å². The molecule has 1 heterocycles. The zero-order valence-corrected chi connectivity index (χ0v) is 17.1. The lowest BCUT2D eigenvalue weighted by Gasteiger charge is -2.32. The summed E-state index contributed by atoms with van der Waals surface area (Å²) in [4.78, 5) is 27.1. The molecule has 3 rings (SSSR count). The Balaban J connectivity index is 1.54. The molecule has 0 aliphatic carbocycles. The van der Waals surface area contributed by atoms with Crippen LogP contribution in [0.2, 0.25) is 0 Å². The van der Waals surface area contributed by atoms with Gasteiger partial charge in [0.05, 0.1) is 18.9 Å². The summed E-state index contributed by atoms with van der Waals surface area (Å²) in [6.07, 6.45) is 1.71. The topological polar surface area (TPSA) is 67.9 Å². The number of nitrogens with one attached hydrogen (secondary N) is 1. The molecular weight excluding hydrogens is 387 g/mol. The Kier molecular flexibility index (Phi) is 7.79. The van der Waals surface area contributed by atoms with Crippen molar-refractivity contribution in [2.24, 2.45) is 5.92 Å². The molecule has 1 fully saturated rings. The summed E-state index contributed by atoms with van der Waals surface area (Å²) in [5.41, 5.74) is 1.42. The Labute approximate surface area is 176 Å². The van der Waals surface area contributed by atoms with Crippen molar-refractivity contribution in [2.45, 2.75) is 19.3 Å². The van der Waals surface area contributed by atoms with Crippen LogP contribution in [0.15, 0.2) is 48.5 Å². The number of hydrogen-bond acceptors (Lipinski definition) is 4. The van der Waals surface area contributed by atoms with E-state index in [1.165, 1.54) is 12.1 Å². The van der Waals surface area contributed by atoms with Gasteiger partial charge in [-0.25, -0.2) is 4.39 Å². The molecule has 1 unspecified atom stereocenters. The fourth-order valence-corrected chi connectivity index (χ4v) is 3.46. The number of benzene rings is 2. The van der Waals surface area contributed by atoms with Gasteiger partial charge in [0.25, 0.3) is 0 Å². The molecule has 30 heavy (non-hydrogen) atoms. The maximum Gasteiger partial charge on any atom is 0.229 e. The summed E-state index contributed by atoms with van der Waals surface area (Å²) in [6, 6.07) is 13.1. The summed E-state index contributed by atoms with van der Waals surface area (Å²) < 4.78 is 23.6. The number of likely N-dealkylation sites (tertiary alicyclic amines) is 1. The first-order valence-electron chi connectivity index (χ1n) is 10.1. The van der Waals surface area contributed by atoms with E-state index in [-0.39, 0.29) is 30.0 Å². The first-order valence-corrected chi connectivity index (χ1v) is 10.1. The Morgan fingerprint density at radius 2 is 1.97 bits per heavy atom. The van der Waals surface area contributed by atoms with E-state index in [2.05, 4.69) is 5.32 Å². The van der Waals surface area contributed by atoms with Gasteiger partial charge < -0.3 is 19.7 Å². The lowest BCUT2D eigenvalue weighted by Crippen LogP contribution is -2.44. The van der Waals surface area contributed by atoms with Gasteiger partial charge in [-0.05, 0) is 42.7 Å². The minimum atomic E-state index is -0.325. The second-order valence-electron chi connectivity index (χ2n) is 7.34. The fraction of sp³-hybridized carbons (Fsp3) is 0.391. The van der Waals surface area contributed by atoms with E-state index in [0.29, 0.717) is 37.7 Å². The summed E-state index contributed by atoms with van der Waals surface area (Å²) in [7, 11) is 1.61. The van der Waals surface area contributed by atoms with E-state index in [9.17, 15) is 14.0 Å². The smallest absolute Gasteiger partial charge is 0.229 e. The van der Waals surface area contributed by atoms with Crippen LogP contribution < -0.4 is 10.1 Å². The van der Waals surface area contributed by atoms with Crippen LogP contribution in [-0.4, -0.2) is 50.1 Å². The number of anilines is 1. The fourth-order valence-electron chi connectivity index (χ4n) is 3.46. The van der Waals surface area contributed by atoms with Gasteiger partial charge >= 0.3 is 0 Å². The maximum absolute atomic E-state index is 13.0. The number of nitrogens with zero attached hydrogens (tertiary/aromatic N) is 1. The molecule has 0 radical (unpaired) electrons. The van der Waals surface area contributed by atoms with E-state index in [1.807, 2.05) is 12.1 Å². The minimum absolute atomic E-state index is 0.0485. The van der Waals surface area contributed by atoms with E-state index in [0.717, 1.165) is 18.4 Å². The number of methoxy groups -OCH3 is 1. The standard InChI is InChI=1S/C23H27FN2O4/c1-29-12-13-30-21-6-2-5-20(15-21)25-23(28)18-4-3-11-26(16-18)22(27)14-17-7-9-19(24)10-8-17/h2,5-10,15,18H,3-4,11-14,16H2,1H3,(H,25,28). The minimum Gasteiger partial charge on any atom is -0.491 e. The molecule has 0 bridgehead atoms. The zero-order valence-electron chi connectivity index (χ0n) is 17.1. The van der Waals surface area contributed by atoms with Crippen molar-refractivity contribution in [1.82, 2.24) is 4.90 Å². The number of carbonyl (C=O) groups excluding carboxylic acids is 2. The van der Waals surface area contributed by atoms with Crippen molar-refractivity contribution in [3.63, 3.8) is 0 Å². The van der Waals surface area contributed by atoms with Crippen LogP contribution in [0.25, 0.3) is 0 Å². The van der Waals surface area contributed by atoms with E-state index in [1.54, 1.807) is 36.3 Å². The largest absolute Gasteiger partial charge is 0.491 e. The molecule has 2 aromatic carbocycles. The van der Waals surface area contributed by atoms with Crippen molar-refractivity contribution in [1.29, 1.82) is 0 Å². The molecule has 1 aliphatic rings. The summed E-state index contributed by atoms with van der Waals surface area (Å²) in [6.45, 7) is 1.94. The Hall–Kier alpha value is -2.93.